The second-order valence-electron chi connectivity index (χ2n) is 15.8. The highest BCUT2D eigenvalue weighted by molar-refractivity contribution is 5.95. The minimum absolute atomic E-state index is 0.117. The largest absolute Gasteiger partial charge is 0.445 e. The third-order valence-corrected chi connectivity index (χ3v) is 6.76. The van der Waals surface area contributed by atoms with Crippen molar-refractivity contribution in [1.29, 1.82) is 0 Å². The molecule has 0 aromatic carbocycles. The van der Waals surface area contributed by atoms with Crippen molar-refractivity contribution in [3.05, 3.63) is 12.2 Å². The molecule has 7 heteroatoms. The normalized spacial score (nSPS) is 18.0. The van der Waals surface area contributed by atoms with Crippen LogP contribution in [0.2, 0.25) is 0 Å². The molecule has 0 bridgehead atoms. The molecule has 0 aromatic rings. The molecular weight excluding hydrogens is 490 g/mol. The lowest BCUT2D eigenvalue weighted by Crippen LogP contribution is -2.78. The second kappa shape index (κ2) is 12.8. The lowest BCUT2D eigenvalue weighted by Gasteiger charge is -2.53. The Balaban J connectivity index is 2.46. The minimum Gasteiger partial charge on any atom is -0.445 e. The SMILES string of the molecule is CC(C)(C)NC1(C(=O)C(C)(C)C)CN(C(=O)OC/C=C/CCCCC[C@@](C)(NC(C)(C)C)C(=O)C(C)(C)C)C1. The van der Waals surface area contributed by atoms with E-state index < -0.39 is 21.9 Å². The van der Waals surface area contributed by atoms with Gasteiger partial charge in [0.05, 0.1) is 18.6 Å². The van der Waals surface area contributed by atoms with Gasteiger partial charge in [-0.2, -0.15) is 0 Å². The highest BCUT2D eigenvalue weighted by Gasteiger charge is 2.55. The average Bonchev–Trinajstić information content (AvgIpc) is 2.70. The molecular formula is C32H59N3O4. The minimum atomic E-state index is -0.735. The van der Waals surface area contributed by atoms with Gasteiger partial charge in [0.15, 0.2) is 11.6 Å². The Hall–Kier alpha value is -1.73. The van der Waals surface area contributed by atoms with E-state index in [1.807, 2.05) is 81.4 Å². The lowest BCUT2D eigenvalue weighted by atomic mass is 9.73. The van der Waals surface area contributed by atoms with Gasteiger partial charge in [-0.1, -0.05) is 66.5 Å². The van der Waals surface area contributed by atoms with Gasteiger partial charge in [-0.3, -0.25) is 14.9 Å². The van der Waals surface area contributed by atoms with Gasteiger partial charge in [0.1, 0.15) is 12.1 Å². The smallest absolute Gasteiger partial charge is 0.410 e. The van der Waals surface area contributed by atoms with Crippen LogP contribution in [0.1, 0.15) is 122 Å². The first kappa shape index (κ1) is 35.3. The number of likely N-dealkylation sites (tertiary alicyclic amines) is 1. The predicted molar refractivity (Wildman–Crippen MR) is 161 cm³/mol. The lowest BCUT2D eigenvalue weighted by molar-refractivity contribution is -0.141. The monoisotopic (exact) mass is 549 g/mol. The molecule has 1 fully saturated rings. The molecule has 1 rings (SSSR count). The van der Waals surface area contributed by atoms with Crippen LogP contribution in [0.3, 0.4) is 0 Å². The maximum Gasteiger partial charge on any atom is 0.410 e. The molecule has 1 atom stereocenters. The molecule has 0 aliphatic carbocycles. The predicted octanol–water partition coefficient (Wildman–Crippen LogP) is 6.45. The van der Waals surface area contributed by atoms with Crippen molar-refractivity contribution in [2.75, 3.05) is 19.7 Å². The Labute approximate surface area is 239 Å². The topological polar surface area (TPSA) is 87.7 Å². The number of hydrogen-bond acceptors (Lipinski definition) is 6. The van der Waals surface area contributed by atoms with Crippen molar-refractivity contribution in [3.63, 3.8) is 0 Å². The van der Waals surface area contributed by atoms with Gasteiger partial charge in [0.25, 0.3) is 0 Å². The number of nitrogens with one attached hydrogen (secondary N) is 2. The number of rotatable bonds is 12. The van der Waals surface area contributed by atoms with Gasteiger partial charge in [0.2, 0.25) is 0 Å². The number of carbonyl (C=O) groups is 3. The number of carbonyl (C=O) groups excluding carboxylic acids is 3. The fourth-order valence-corrected chi connectivity index (χ4v) is 5.65. The summed E-state index contributed by atoms with van der Waals surface area (Å²) < 4.78 is 5.43. The zero-order chi connectivity index (χ0) is 30.5. The molecule has 226 valence electrons. The molecule has 1 saturated heterocycles. The summed E-state index contributed by atoms with van der Waals surface area (Å²) in [6.07, 6.45) is 8.26. The summed E-state index contributed by atoms with van der Waals surface area (Å²) in [7, 11) is 0. The first-order valence-electron chi connectivity index (χ1n) is 14.7. The van der Waals surface area contributed by atoms with Crippen LogP contribution in [0.25, 0.3) is 0 Å². The molecule has 1 aliphatic rings. The fraction of sp³-hybridized carbons (Fsp3) is 0.844. The summed E-state index contributed by atoms with van der Waals surface area (Å²) in [5.74, 6) is 0.370. The Morgan fingerprint density at radius 1 is 0.769 bits per heavy atom. The number of amides is 1. The van der Waals surface area contributed by atoms with Gasteiger partial charge in [-0.25, -0.2) is 4.79 Å². The molecule has 1 heterocycles. The molecule has 0 radical (unpaired) electrons. The maximum atomic E-state index is 13.2. The number of nitrogens with zero attached hydrogens (tertiary/aromatic N) is 1. The summed E-state index contributed by atoms with van der Waals surface area (Å²) in [4.78, 5) is 40.4. The van der Waals surface area contributed by atoms with E-state index in [9.17, 15) is 14.4 Å². The average molecular weight is 550 g/mol. The first-order valence-corrected chi connectivity index (χ1v) is 14.7. The Bertz CT molecular complexity index is 875. The van der Waals surface area contributed by atoms with Gasteiger partial charge in [-0.15, -0.1) is 0 Å². The van der Waals surface area contributed by atoms with E-state index in [0.29, 0.717) is 13.1 Å². The summed E-state index contributed by atoms with van der Waals surface area (Å²) in [6, 6.07) is 0. The van der Waals surface area contributed by atoms with Crippen LogP contribution in [0.5, 0.6) is 0 Å². The van der Waals surface area contributed by atoms with E-state index >= 15 is 0 Å². The number of allylic oxidation sites excluding steroid dienone is 1. The number of ketones is 2. The van der Waals surface area contributed by atoms with Crippen LogP contribution in [0.15, 0.2) is 12.2 Å². The molecule has 2 N–H and O–H groups in total. The van der Waals surface area contributed by atoms with Crippen molar-refractivity contribution in [2.24, 2.45) is 10.8 Å². The Kier molecular flexibility index (Phi) is 11.6. The van der Waals surface area contributed by atoms with Crippen molar-refractivity contribution < 1.29 is 19.1 Å². The van der Waals surface area contributed by atoms with Crippen molar-refractivity contribution in [3.8, 4) is 0 Å². The zero-order valence-corrected chi connectivity index (χ0v) is 27.4. The standard InChI is InChI=1S/C32H59N3O4/c1-27(2,3)24(36)31(13,33-29(7,8)9)20-18-16-14-15-17-19-21-39-26(38)35-22-32(23-35,34-30(10,11)12)25(37)28(4,5)6/h17,19,33-34H,14-16,18,20-23H2,1-13H3/b19-17+/t31-/m1/s1. The second-order valence-corrected chi connectivity index (χ2v) is 15.8. The van der Waals surface area contributed by atoms with E-state index in [-0.39, 0.29) is 35.3 Å². The number of Topliss-reactive ketones (excluding diaryl/α,β-unsaturated/α-hetero) is 2. The molecule has 1 aliphatic heterocycles. The molecule has 0 unspecified atom stereocenters. The summed E-state index contributed by atoms with van der Waals surface area (Å²) >= 11 is 0. The van der Waals surface area contributed by atoms with Crippen LogP contribution in [-0.4, -0.2) is 64.4 Å². The van der Waals surface area contributed by atoms with Gasteiger partial charge in [-0.05, 0) is 67.7 Å². The number of hydrogen-bond donors (Lipinski definition) is 2. The Morgan fingerprint density at radius 3 is 1.79 bits per heavy atom. The molecule has 0 aromatic heterocycles. The third kappa shape index (κ3) is 11.3. The molecule has 39 heavy (non-hydrogen) atoms. The maximum absolute atomic E-state index is 13.2. The van der Waals surface area contributed by atoms with Crippen molar-refractivity contribution in [2.45, 2.75) is 144 Å². The summed E-state index contributed by atoms with van der Waals surface area (Å²) in [5.41, 5.74) is -2.56. The third-order valence-electron chi connectivity index (χ3n) is 6.76. The van der Waals surface area contributed by atoms with E-state index in [1.54, 1.807) is 4.90 Å². The van der Waals surface area contributed by atoms with Crippen LogP contribution in [0.4, 0.5) is 4.79 Å². The molecule has 0 saturated carbocycles. The van der Waals surface area contributed by atoms with Crippen molar-refractivity contribution in [1.82, 2.24) is 15.5 Å². The van der Waals surface area contributed by atoms with Gasteiger partial charge < -0.3 is 15.0 Å². The van der Waals surface area contributed by atoms with E-state index in [0.717, 1.165) is 32.1 Å². The highest BCUT2D eigenvalue weighted by atomic mass is 16.6. The van der Waals surface area contributed by atoms with Crippen LogP contribution in [0, 0.1) is 10.8 Å². The zero-order valence-electron chi connectivity index (χ0n) is 27.4. The van der Waals surface area contributed by atoms with E-state index in [1.165, 1.54) is 0 Å². The molecule has 0 spiro atoms. The quantitative estimate of drug-likeness (QED) is 0.215. The Morgan fingerprint density at radius 2 is 1.33 bits per heavy atom. The van der Waals surface area contributed by atoms with E-state index in [2.05, 4.69) is 31.4 Å². The van der Waals surface area contributed by atoms with Crippen LogP contribution in [-0.2, 0) is 14.3 Å². The van der Waals surface area contributed by atoms with Crippen LogP contribution < -0.4 is 10.6 Å². The summed E-state index contributed by atoms with van der Waals surface area (Å²) in [6.45, 7) is 27.0. The highest BCUT2D eigenvalue weighted by Crippen LogP contribution is 2.33. The van der Waals surface area contributed by atoms with Crippen molar-refractivity contribution >= 4 is 17.7 Å². The number of unbranched alkanes of at least 4 members (excludes halogenated alkanes) is 3. The number of ether oxygens (including phenoxy) is 1. The molecule has 7 nitrogen and oxygen atoms in total. The summed E-state index contributed by atoms with van der Waals surface area (Å²) in [5, 5.41) is 7.04. The van der Waals surface area contributed by atoms with E-state index in [4.69, 9.17) is 4.74 Å². The van der Waals surface area contributed by atoms with Gasteiger partial charge >= 0.3 is 6.09 Å². The molecule has 1 amide bonds. The van der Waals surface area contributed by atoms with Gasteiger partial charge in [0, 0.05) is 21.9 Å². The van der Waals surface area contributed by atoms with Crippen LogP contribution >= 0.6 is 0 Å². The first-order chi connectivity index (χ1) is 17.4. The fourth-order valence-electron chi connectivity index (χ4n) is 5.65.